The van der Waals surface area contributed by atoms with Crippen molar-refractivity contribution >= 4 is 5.52 Å². The Bertz CT molecular complexity index is 868. The summed E-state index contributed by atoms with van der Waals surface area (Å²) in [4.78, 5) is 4.74. The van der Waals surface area contributed by atoms with Crippen molar-refractivity contribution in [3.05, 3.63) is 30.9 Å². The van der Waals surface area contributed by atoms with Crippen LogP contribution in [0.5, 0.6) is 5.88 Å². The zero-order valence-corrected chi connectivity index (χ0v) is 12.9. The van der Waals surface area contributed by atoms with E-state index in [0.717, 1.165) is 23.2 Å². The van der Waals surface area contributed by atoms with Gasteiger partial charge in [-0.15, -0.1) is 0 Å². The van der Waals surface area contributed by atoms with Crippen molar-refractivity contribution < 1.29 is 4.74 Å². The van der Waals surface area contributed by atoms with E-state index in [1.54, 1.807) is 17.1 Å². The highest BCUT2D eigenvalue weighted by Gasteiger charge is 2.41. The number of fused-ring (bicyclic) bond motifs is 3. The Labute approximate surface area is 133 Å². The number of aromatic nitrogens is 5. The number of nitrogens with zero attached hydrogens (tertiary/aromatic N) is 5. The van der Waals surface area contributed by atoms with Crippen LogP contribution >= 0.6 is 0 Å². The molecule has 3 aromatic rings. The lowest BCUT2D eigenvalue weighted by atomic mass is 9.98. The van der Waals surface area contributed by atoms with Crippen molar-refractivity contribution in [2.75, 3.05) is 0 Å². The number of nitrogens with one attached hydrogen (secondary N) is 1. The Kier molecular flexibility index (Phi) is 2.72. The minimum atomic E-state index is 0.198. The van der Waals surface area contributed by atoms with Crippen LogP contribution in [-0.2, 0) is 7.05 Å². The monoisotopic (exact) mass is 310 g/mol. The minimum Gasteiger partial charge on any atom is -0.471 e. The van der Waals surface area contributed by atoms with Crippen LogP contribution in [0.4, 0.5) is 0 Å². The highest BCUT2D eigenvalue weighted by Crippen LogP contribution is 2.33. The molecule has 1 N–H and O–H groups in total. The summed E-state index contributed by atoms with van der Waals surface area (Å²) >= 11 is 0. The number of aryl methyl sites for hydroxylation is 1. The van der Waals surface area contributed by atoms with Crippen molar-refractivity contribution in [2.24, 2.45) is 7.05 Å². The molecule has 0 radical (unpaired) electrons. The molecule has 118 valence electrons. The zero-order valence-electron chi connectivity index (χ0n) is 12.9. The molecule has 2 fully saturated rings. The quantitative estimate of drug-likeness (QED) is 0.792. The summed E-state index contributed by atoms with van der Waals surface area (Å²) in [5.41, 5.74) is 2.68. The highest BCUT2D eigenvalue weighted by atomic mass is 16.5. The van der Waals surface area contributed by atoms with Crippen LogP contribution in [0.2, 0.25) is 0 Å². The van der Waals surface area contributed by atoms with Gasteiger partial charge in [-0.2, -0.15) is 10.2 Å². The van der Waals surface area contributed by atoms with Gasteiger partial charge in [0.1, 0.15) is 11.6 Å². The van der Waals surface area contributed by atoms with Gasteiger partial charge < -0.3 is 10.1 Å². The largest absolute Gasteiger partial charge is 0.471 e. The minimum absolute atomic E-state index is 0.198. The van der Waals surface area contributed by atoms with Crippen LogP contribution in [0.3, 0.4) is 0 Å². The third-order valence-electron chi connectivity index (χ3n) is 4.86. The van der Waals surface area contributed by atoms with Crippen molar-refractivity contribution in [3.8, 4) is 17.1 Å². The van der Waals surface area contributed by atoms with E-state index in [0.29, 0.717) is 18.0 Å². The first-order chi connectivity index (χ1) is 11.3. The summed E-state index contributed by atoms with van der Waals surface area (Å²) < 4.78 is 9.88. The van der Waals surface area contributed by atoms with Crippen LogP contribution in [0.25, 0.3) is 16.8 Å². The van der Waals surface area contributed by atoms with Crippen LogP contribution in [0.1, 0.15) is 19.3 Å². The van der Waals surface area contributed by atoms with Crippen molar-refractivity contribution in [3.63, 3.8) is 0 Å². The molecule has 2 aliphatic rings. The van der Waals surface area contributed by atoms with Gasteiger partial charge in [0.15, 0.2) is 0 Å². The molecule has 5 heterocycles. The molecule has 7 heteroatoms. The fraction of sp³-hybridized carbons (Fsp3) is 0.438. The third-order valence-corrected chi connectivity index (χ3v) is 4.86. The molecule has 0 saturated carbocycles. The first-order valence-electron chi connectivity index (χ1n) is 8.02. The number of ether oxygens (including phenoxy) is 1. The Morgan fingerprint density at radius 1 is 1.26 bits per heavy atom. The van der Waals surface area contributed by atoms with E-state index >= 15 is 0 Å². The average Bonchev–Trinajstić information content (AvgIpc) is 3.30. The highest BCUT2D eigenvalue weighted by molar-refractivity contribution is 5.63. The fourth-order valence-corrected chi connectivity index (χ4v) is 3.72. The molecule has 0 amide bonds. The van der Waals surface area contributed by atoms with E-state index in [4.69, 9.17) is 9.72 Å². The SMILES string of the molecule is Cn1cc(-c2cn3nccc3c(O[C@@H]3C[C@@H]4CC[C@H]3N4)n2)cn1. The third kappa shape index (κ3) is 2.11. The fourth-order valence-electron chi connectivity index (χ4n) is 3.72. The van der Waals surface area contributed by atoms with E-state index < -0.39 is 0 Å². The molecule has 5 rings (SSSR count). The molecule has 2 saturated heterocycles. The molecule has 0 unspecified atom stereocenters. The van der Waals surface area contributed by atoms with Crippen molar-refractivity contribution in [1.82, 2.24) is 29.7 Å². The first kappa shape index (κ1) is 13.1. The summed E-state index contributed by atoms with van der Waals surface area (Å²) in [5.74, 6) is 0.656. The molecule has 7 nitrogen and oxygen atoms in total. The predicted octanol–water partition coefficient (Wildman–Crippen LogP) is 1.40. The molecular weight excluding hydrogens is 292 g/mol. The lowest BCUT2D eigenvalue weighted by Gasteiger charge is -2.21. The van der Waals surface area contributed by atoms with Gasteiger partial charge in [0, 0.05) is 37.3 Å². The maximum Gasteiger partial charge on any atom is 0.241 e. The zero-order chi connectivity index (χ0) is 15.4. The van der Waals surface area contributed by atoms with Crippen LogP contribution in [0.15, 0.2) is 30.9 Å². The predicted molar refractivity (Wildman–Crippen MR) is 84.2 cm³/mol. The Balaban J connectivity index is 1.55. The Morgan fingerprint density at radius 3 is 2.96 bits per heavy atom. The summed E-state index contributed by atoms with van der Waals surface area (Å²) in [7, 11) is 1.90. The maximum atomic E-state index is 6.29. The van der Waals surface area contributed by atoms with Gasteiger partial charge in [-0.3, -0.25) is 4.68 Å². The second kappa shape index (κ2) is 4.79. The summed E-state index contributed by atoms with van der Waals surface area (Å²) in [6, 6.07) is 3.00. The molecule has 3 atom stereocenters. The molecule has 3 aromatic heterocycles. The topological polar surface area (TPSA) is 69.3 Å². The van der Waals surface area contributed by atoms with E-state index in [1.807, 2.05) is 30.0 Å². The standard InChI is InChI=1S/C16H18N6O/c1-21-8-10(7-18-21)13-9-22-14(4-5-17-22)16(20-13)23-15-6-11-2-3-12(15)19-11/h4-5,7-9,11-12,15,19H,2-3,6H2,1H3/t11-,12+,15+/m0/s1. The molecule has 0 spiro atoms. The number of hydrogen-bond donors (Lipinski definition) is 1. The van der Waals surface area contributed by atoms with Gasteiger partial charge in [0.05, 0.1) is 24.3 Å². The summed E-state index contributed by atoms with van der Waals surface area (Å²) in [6.45, 7) is 0. The normalized spacial score (nSPS) is 26.2. The van der Waals surface area contributed by atoms with Gasteiger partial charge in [-0.25, -0.2) is 9.50 Å². The Hall–Kier alpha value is -2.41. The lowest BCUT2D eigenvalue weighted by Crippen LogP contribution is -2.32. The first-order valence-corrected chi connectivity index (χ1v) is 8.02. The van der Waals surface area contributed by atoms with E-state index in [1.165, 1.54) is 12.8 Å². The summed E-state index contributed by atoms with van der Waals surface area (Å²) in [6.07, 6.45) is 11.1. The molecule has 0 aliphatic carbocycles. The molecule has 2 aliphatic heterocycles. The second-order valence-corrected chi connectivity index (χ2v) is 6.43. The van der Waals surface area contributed by atoms with Crippen molar-refractivity contribution in [2.45, 2.75) is 37.5 Å². The van der Waals surface area contributed by atoms with Gasteiger partial charge in [-0.05, 0) is 18.9 Å². The smallest absolute Gasteiger partial charge is 0.241 e. The van der Waals surface area contributed by atoms with Crippen LogP contribution in [0, 0.1) is 0 Å². The second-order valence-electron chi connectivity index (χ2n) is 6.43. The molecule has 23 heavy (non-hydrogen) atoms. The van der Waals surface area contributed by atoms with E-state index in [2.05, 4.69) is 15.5 Å². The van der Waals surface area contributed by atoms with Gasteiger partial charge in [0.25, 0.3) is 0 Å². The lowest BCUT2D eigenvalue weighted by molar-refractivity contribution is 0.166. The Morgan fingerprint density at radius 2 is 2.22 bits per heavy atom. The van der Waals surface area contributed by atoms with Gasteiger partial charge >= 0.3 is 0 Å². The maximum absolute atomic E-state index is 6.29. The average molecular weight is 310 g/mol. The van der Waals surface area contributed by atoms with Gasteiger partial charge in [-0.1, -0.05) is 0 Å². The number of hydrogen-bond acceptors (Lipinski definition) is 5. The van der Waals surface area contributed by atoms with E-state index in [-0.39, 0.29) is 6.10 Å². The summed E-state index contributed by atoms with van der Waals surface area (Å²) in [5, 5.41) is 12.2. The van der Waals surface area contributed by atoms with Crippen molar-refractivity contribution in [1.29, 1.82) is 0 Å². The molecule has 2 bridgehead atoms. The molecule has 0 aromatic carbocycles. The van der Waals surface area contributed by atoms with Crippen LogP contribution < -0.4 is 10.1 Å². The van der Waals surface area contributed by atoms with Gasteiger partial charge in [0.2, 0.25) is 5.88 Å². The number of rotatable bonds is 3. The molecular formula is C16H18N6O. The van der Waals surface area contributed by atoms with E-state index in [9.17, 15) is 0 Å². The van der Waals surface area contributed by atoms with Crippen LogP contribution in [-0.4, -0.2) is 42.6 Å².